The predicted molar refractivity (Wildman–Crippen MR) is 78.9 cm³/mol. The number of nitrogens with zero attached hydrogens (tertiary/aromatic N) is 2. The van der Waals surface area contributed by atoms with Gasteiger partial charge in [0.25, 0.3) is 0 Å². The quantitative estimate of drug-likeness (QED) is 0.901. The van der Waals surface area contributed by atoms with Crippen LogP contribution in [0.25, 0.3) is 11.0 Å². The number of hydrogen-bond acceptors (Lipinski definition) is 4. The fraction of sp³-hybridized carbons (Fsp3) is 0.438. The maximum absolute atomic E-state index is 12.6. The smallest absolute Gasteiger partial charge is 0.228 e. The summed E-state index contributed by atoms with van der Waals surface area (Å²) in [4.78, 5) is 26.2. The van der Waals surface area contributed by atoms with Gasteiger partial charge < -0.3 is 14.7 Å². The van der Waals surface area contributed by atoms with Gasteiger partial charge in [-0.25, -0.2) is 0 Å². The normalized spacial score (nSPS) is 24.4. The predicted octanol–water partition coefficient (Wildman–Crippen LogP) is 1.11. The lowest BCUT2D eigenvalue weighted by atomic mass is 9.96. The maximum atomic E-state index is 12.6. The number of carbonyl (C=O) groups excluding carboxylic acids is 2. The van der Waals surface area contributed by atoms with Crippen LogP contribution < -0.4 is 5.32 Å². The molecule has 2 atom stereocenters. The van der Waals surface area contributed by atoms with Crippen LogP contribution in [0.15, 0.2) is 28.8 Å². The zero-order chi connectivity index (χ0) is 15.1. The number of para-hydroxylation sites is 1. The first-order chi connectivity index (χ1) is 10.7. The molecule has 114 valence electrons. The van der Waals surface area contributed by atoms with Gasteiger partial charge in [-0.05, 0) is 25.0 Å². The fourth-order valence-electron chi connectivity index (χ4n) is 3.37. The van der Waals surface area contributed by atoms with Crippen LogP contribution in [0.1, 0.15) is 18.5 Å². The lowest BCUT2D eigenvalue weighted by Crippen LogP contribution is -2.44. The molecular weight excluding hydrogens is 282 g/mol. The third-order valence-corrected chi connectivity index (χ3v) is 4.59. The molecule has 1 aromatic heterocycles. The number of piperidine rings is 1. The molecule has 6 heteroatoms. The first-order valence-corrected chi connectivity index (χ1v) is 7.62. The second kappa shape index (κ2) is 5.12. The summed E-state index contributed by atoms with van der Waals surface area (Å²) in [6.45, 7) is 1.10. The molecule has 2 bridgehead atoms. The van der Waals surface area contributed by atoms with E-state index in [-0.39, 0.29) is 30.2 Å². The Morgan fingerprint density at radius 3 is 3.05 bits per heavy atom. The van der Waals surface area contributed by atoms with Gasteiger partial charge in [-0.15, -0.1) is 0 Å². The number of hydrogen-bond donors (Lipinski definition) is 1. The molecule has 0 saturated carbocycles. The van der Waals surface area contributed by atoms with Crippen LogP contribution in [-0.2, 0) is 16.0 Å². The standard InChI is InChI=1S/C16H17N3O3/c20-15(7-13-12-3-1-2-4-14(12)22-18-13)19-8-10-5-6-11(9-19)17-16(10)21/h1-4,10-11H,5-9H2,(H,17,21)/t10-,11+/m0/s1. The molecule has 6 nitrogen and oxygen atoms in total. The van der Waals surface area contributed by atoms with Gasteiger partial charge in [0.15, 0.2) is 5.58 Å². The van der Waals surface area contributed by atoms with Gasteiger partial charge in [0, 0.05) is 24.5 Å². The molecular formula is C16H17N3O3. The largest absolute Gasteiger partial charge is 0.356 e. The first-order valence-electron chi connectivity index (χ1n) is 7.62. The van der Waals surface area contributed by atoms with Gasteiger partial charge in [0.05, 0.1) is 12.3 Å². The summed E-state index contributed by atoms with van der Waals surface area (Å²) < 4.78 is 5.25. The van der Waals surface area contributed by atoms with Gasteiger partial charge in [-0.1, -0.05) is 17.3 Å². The van der Waals surface area contributed by atoms with Gasteiger partial charge in [0.1, 0.15) is 5.69 Å². The van der Waals surface area contributed by atoms with Crippen molar-refractivity contribution in [3.63, 3.8) is 0 Å². The van der Waals surface area contributed by atoms with Gasteiger partial charge in [0.2, 0.25) is 11.8 Å². The number of rotatable bonds is 2. The Morgan fingerprint density at radius 1 is 1.32 bits per heavy atom. The molecule has 5 rings (SSSR count). The first kappa shape index (κ1) is 13.3. The molecule has 0 unspecified atom stereocenters. The third kappa shape index (κ3) is 2.24. The topological polar surface area (TPSA) is 75.4 Å². The minimum Gasteiger partial charge on any atom is -0.356 e. The Balaban J connectivity index is 1.54. The number of nitrogens with one attached hydrogen (secondary N) is 1. The van der Waals surface area contributed by atoms with Crippen LogP contribution in [0.3, 0.4) is 0 Å². The monoisotopic (exact) mass is 299 g/mol. The van der Waals surface area contributed by atoms with Crippen molar-refractivity contribution in [1.29, 1.82) is 0 Å². The highest BCUT2D eigenvalue weighted by molar-refractivity contribution is 5.87. The van der Waals surface area contributed by atoms with E-state index in [2.05, 4.69) is 10.5 Å². The maximum Gasteiger partial charge on any atom is 0.228 e. The Morgan fingerprint density at radius 2 is 2.18 bits per heavy atom. The number of amides is 2. The summed E-state index contributed by atoms with van der Waals surface area (Å²) in [6, 6.07) is 7.62. The van der Waals surface area contributed by atoms with Crippen LogP contribution in [-0.4, -0.2) is 41.0 Å². The second-order valence-electron chi connectivity index (χ2n) is 6.08. The van der Waals surface area contributed by atoms with Crippen LogP contribution in [0, 0.1) is 5.92 Å². The van der Waals surface area contributed by atoms with Gasteiger partial charge in [-0.3, -0.25) is 9.59 Å². The molecule has 4 heterocycles. The average molecular weight is 299 g/mol. The summed E-state index contributed by atoms with van der Waals surface area (Å²) in [6.07, 6.45) is 2.03. The molecule has 2 amide bonds. The molecule has 22 heavy (non-hydrogen) atoms. The number of benzene rings is 1. The van der Waals surface area contributed by atoms with E-state index in [0.29, 0.717) is 24.4 Å². The van der Waals surface area contributed by atoms with E-state index in [4.69, 9.17) is 4.52 Å². The molecule has 3 fully saturated rings. The molecule has 0 radical (unpaired) electrons. The summed E-state index contributed by atoms with van der Waals surface area (Å²) in [5.74, 6) is 0.0163. The third-order valence-electron chi connectivity index (χ3n) is 4.59. The second-order valence-corrected chi connectivity index (χ2v) is 6.08. The zero-order valence-corrected chi connectivity index (χ0v) is 12.1. The van der Waals surface area contributed by atoms with E-state index in [1.54, 1.807) is 4.90 Å². The van der Waals surface area contributed by atoms with Gasteiger partial charge >= 0.3 is 0 Å². The van der Waals surface area contributed by atoms with Gasteiger partial charge in [-0.2, -0.15) is 0 Å². The van der Waals surface area contributed by atoms with Crippen molar-refractivity contribution in [2.24, 2.45) is 5.92 Å². The number of carbonyl (C=O) groups is 2. The van der Waals surface area contributed by atoms with Crippen molar-refractivity contribution in [3.05, 3.63) is 30.0 Å². The van der Waals surface area contributed by atoms with Crippen molar-refractivity contribution in [2.45, 2.75) is 25.3 Å². The molecule has 0 spiro atoms. The summed E-state index contributed by atoms with van der Waals surface area (Å²) >= 11 is 0. The molecule has 1 N–H and O–H groups in total. The van der Waals surface area contributed by atoms with Crippen LogP contribution in [0.4, 0.5) is 0 Å². The average Bonchev–Trinajstić information content (AvgIpc) is 2.71. The Kier molecular flexibility index (Phi) is 3.10. The number of fused-ring (bicyclic) bond motifs is 5. The Labute approximate surface area is 127 Å². The summed E-state index contributed by atoms with van der Waals surface area (Å²) in [5.41, 5.74) is 1.36. The SMILES string of the molecule is O=C1N[C@@H]2CC[C@H]1CN(C(=O)Cc1noc3ccccc13)C2. The van der Waals surface area contributed by atoms with E-state index < -0.39 is 0 Å². The van der Waals surface area contributed by atoms with E-state index in [1.807, 2.05) is 24.3 Å². The van der Waals surface area contributed by atoms with Crippen molar-refractivity contribution in [1.82, 2.24) is 15.4 Å². The lowest BCUT2D eigenvalue weighted by Gasteiger charge is -2.22. The van der Waals surface area contributed by atoms with Crippen molar-refractivity contribution >= 4 is 22.8 Å². The van der Waals surface area contributed by atoms with E-state index in [1.165, 1.54) is 0 Å². The van der Waals surface area contributed by atoms with E-state index >= 15 is 0 Å². The zero-order valence-electron chi connectivity index (χ0n) is 12.1. The minimum atomic E-state index is -0.0725. The summed E-state index contributed by atoms with van der Waals surface area (Å²) in [5, 5.41) is 7.88. The van der Waals surface area contributed by atoms with E-state index in [9.17, 15) is 9.59 Å². The van der Waals surface area contributed by atoms with Crippen LogP contribution in [0.5, 0.6) is 0 Å². The lowest BCUT2D eigenvalue weighted by molar-refractivity contribution is -0.131. The highest BCUT2D eigenvalue weighted by Crippen LogP contribution is 2.24. The molecule has 1 aromatic carbocycles. The molecule has 3 aliphatic heterocycles. The van der Waals surface area contributed by atoms with Crippen molar-refractivity contribution in [2.75, 3.05) is 13.1 Å². The molecule has 3 saturated heterocycles. The fourth-order valence-corrected chi connectivity index (χ4v) is 3.37. The Hall–Kier alpha value is -2.37. The molecule has 0 aliphatic carbocycles. The minimum absolute atomic E-state index is 0.00690. The van der Waals surface area contributed by atoms with E-state index in [0.717, 1.165) is 18.2 Å². The van der Waals surface area contributed by atoms with Crippen molar-refractivity contribution < 1.29 is 14.1 Å². The summed E-state index contributed by atoms with van der Waals surface area (Å²) in [7, 11) is 0. The Bertz CT molecular complexity index is 739. The van der Waals surface area contributed by atoms with Crippen LogP contribution in [0.2, 0.25) is 0 Å². The van der Waals surface area contributed by atoms with Crippen molar-refractivity contribution in [3.8, 4) is 0 Å². The number of aromatic nitrogens is 1. The molecule has 2 aromatic rings. The molecule has 3 aliphatic rings. The highest BCUT2D eigenvalue weighted by atomic mass is 16.5. The highest BCUT2D eigenvalue weighted by Gasteiger charge is 2.36. The van der Waals surface area contributed by atoms with Crippen LogP contribution >= 0.6 is 0 Å².